The fourth-order valence-corrected chi connectivity index (χ4v) is 3.49. The summed E-state index contributed by atoms with van der Waals surface area (Å²) < 4.78 is 0. The van der Waals surface area contributed by atoms with Crippen molar-refractivity contribution in [2.24, 2.45) is 11.1 Å². The van der Waals surface area contributed by atoms with Crippen molar-refractivity contribution >= 4 is 18.3 Å². The first-order valence-electron chi connectivity index (χ1n) is 8.69. The van der Waals surface area contributed by atoms with Gasteiger partial charge in [0.25, 0.3) is 0 Å². The van der Waals surface area contributed by atoms with Crippen LogP contribution in [-0.2, 0) is 16.8 Å². The zero-order chi connectivity index (χ0) is 17.0. The Balaban J connectivity index is 0.00000225. The SMILES string of the molecule is CC(N)(C(=O)NCC1(Cc2ccccc2)CCC1)c1ccccc1.Cl. The number of hydrogen-bond donors (Lipinski definition) is 2. The van der Waals surface area contributed by atoms with Gasteiger partial charge in [-0.3, -0.25) is 4.79 Å². The van der Waals surface area contributed by atoms with Crippen LogP contribution in [0.2, 0.25) is 0 Å². The molecule has 3 rings (SSSR count). The van der Waals surface area contributed by atoms with E-state index in [4.69, 9.17) is 5.73 Å². The summed E-state index contributed by atoms with van der Waals surface area (Å²) in [6.07, 6.45) is 4.58. The van der Waals surface area contributed by atoms with E-state index in [1.54, 1.807) is 6.92 Å². The fraction of sp³-hybridized carbons (Fsp3) is 0.381. The van der Waals surface area contributed by atoms with Gasteiger partial charge >= 0.3 is 0 Å². The number of benzene rings is 2. The summed E-state index contributed by atoms with van der Waals surface area (Å²) >= 11 is 0. The zero-order valence-electron chi connectivity index (χ0n) is 14.7. The molecule has 2 aromatic carbocycles. The molecule has 0 radical (unpaired) electrons. The Hall–Kier alpha value is -1.84. The lowest BCUT2D eigenvalue weighted by Crippen LogP contribution is -2.53. The molecule has 1 amide bonds. The maximum atomic E-state index is 12.7. The third kappa shape index (κ3) is 4.42. The van der Waals surface area contributed by atoms with Gasteiger partial charge in [0.05, 0.1) is 0 Å². The molecule has 1 aliphatic rings. The van der Waals surface area contributed by atoms with Gasteiger partial charge in [-0.05, 0) is 42.7 Å². The van der Waals surface area contributed by atoms with Crippen molar-refractivity contribution in [1.82, 2.24) is 5.32 Å². The molecule has 3 N–H and O–H groups in total. The number of hydrogen-bond acceptors (Lipinski definition) is 2. The predicted octanol–water partition coefficient (Wildman–Crippen LogP) is 3.81. The Morgan fingerprint density at radius 2 is 1.64 bits per heavy atom. The Kier molecular flexibility index (Phi) is 6.26. The van der Waals surface area contributed by atoms with E-state index in [9.17, 15) is 4.79 Å². The van der Waals surface area contributed by atoms with E-state index in [-0.39, 0.29) is 23.7 Å². The van der Waals surface area contributed by atoms with Crippen molar-refractivity contribution < 1.29 is 4.79 Å². The molecule has 3 nitrogen and oxygen atoms in total. The summed E-state index contributed by atoms with van der Waals surface area (Å²) in [5, 5.41) is 3.12. The van der Waals surface area contributed by atoms with Gasteiger partial charge in [0.1, 0.15) is 5.54 Å². The standard InChI is InChI=1S/C21H26N2O.ClH/c1-20(22,18-11-6-3-7-12-18)19(24)23-16-21(13-8-14-21)15-17-9-4-2-5-10-17;/h2-7,9-12H,8,13-16,22H2,1H3,(H,23,24);1H. The van der Waals surface area contributed by atoms with E-state index in [0.29, 0.717) is 6.54 Å². The lowest BCUT2D eigenvalue weighted by Gasteiger charge is -2.43. The largest absolute Gasteiger partial charge is 0.354 e. The Labute approximate surface area is 156 Å². The summed E-state index contributed by atoms with van der Waals surface area (Å²) in [5.74, 6) is -0.104. The molecule has 1 atom stereocenters. The van der Waals surface area contributed by atoms with Gasteiger partial charge in [-0.1, -0.05) is 67.1 Å². The Bertz CT molecular complexity index is 682. The molecule has 1 saturated carbocycles. The topological polar surface area (TPSA) is 55.1 Å². The smallest absolute Gasteiger partial charge is 0.244 e. The van der Waals surface area contributed by atoms with Crippen LogP contribution in [0.25, 0.3) is 0 Å². The van der Waals surface area contributed by atoms with Crippen molar-refractivity contribution in [3.63, 3.8) is 0 Å². The molecule has 1 aliphatic carbocycles. The van der Waals surface area contributed by atoms with Gasteiger partial charge in [-0.15, -0.1) is 12.4 Å². The third-order valence-electron chi connectivity index (χ3n) is 5.31. The van der Waals surface area contributed by atoms with Crippen LogP contribution in [0.3, 0.4) is 0 Å². The minimum absolute atomic E-state index is 0. The summed E-state index contributed by atoms with van der Waals surface area (Å²) in [6.45, 7) is 2.47. The van der Waals surface area contributed by atoms with Crippen molar-refractivity contribution in [2.45, 2.75) is 38.1 Å². The minimum Gasteiger partial charge on any atom is -0.354 e. The highest BCUT2D eigenvalue weighted by atomic mass is 35.5. The van der Waals surface area contributed by atoms with E-state index in [1.165, 1.54) is 12.0 Å². The van der Waals surface area contributed by atoms with Gasteiger partial charge in [0.15, 0.2) is 0 Å². The highest BCUT2D eigenvalue weighted by Crippen LogP contribution is 2.43. The second kappa shape index (κ2) is 8.03. The molecule has 0 saturated heterocycles. The summed E-state index contributed by atoms with van der Waals surface area (Å²) in [6, 6.07) is 20.1. The number of rotatable bonds is 6. The highest BCUT2D eigenvalue weighted by Gasteiger charge is 2.39. The molecule has 0 heterocycles. The van der Waals surface area contributed by atoms with Crippen LogP contribution in [0.5, 0.6) is 0 Å². The van der Waals surface area contributed by atoms with Gasteiger partial charge in [0.2, 0.25) is 5.91 Å². The molecule has 25 heavy (non-hydrogen) atoms. The van der Waals surface area contributed by atoms with Crippen LogP contribution in [0.4, 0.5) is 0 Å². The van der Waals surface area contributed by atoms with Crippen molar-refractivity contribution in [3.8, 4) is 0 Å². The van der Waals surface area contributed by atoms with E-state index in [0.717, 1.165) is 24.8 Å². The van der Waals surface area contributed by atoms with Gasteiger partial charge in [-0.2, -0.15) is 0 Å². The highest BCUT2D eigenvalue weighted by molar-refractivity contribution is 5.87. The lowest BCUT2D eigenvalue weighted by molar-refractivity contribution is -0.127. The van der Waals surface area contributed by atoms with Crippen LogP contribution >= 0.6 is 12.4 Å². The molecule has 0 bridgehead atoms. The quantitative estimate of drug-likeness (QED) is 0.824. The second-order valence-corrected chi connectivity index (χ2v) is 7.27. The predicted molar refractivity (Wildman–Crippen MR) is 105 cm³/mol. The first-order valence-corrected chi connectivity index (χ1v) is 8.69. The van der Waals surface area contributed by atoms with E-state index < -0.39 is 5.54 Å². The fourth-order valence-electron chi connectivity index (χ4n) is 3.49. The average molecular weight is 359 g/mol. The van der Waals surface area contributed by atoms with Crippen molar-refractivity contribution in [1.29, 1.82) is 0 Å². The molecular formula is C21H27ClN2O. The molecule has 1 unspecified atom stereocenters. The van der Waals surface area contributed by atoms with Gasteiger partial charge in [-0.25, -0.2) is 0 Å². The van der Waals surface area contributed by atoms with Crippen molar-refractivity contribution in [2.75, 3.05) is 6.54 Å². The average Bonchev–Trinajstić information content (AvgIpc) is 2.58. The van der Waals surface area contributed by atoms with Crippen LogP contribution in [0, 0.1) is 5.41 Å². The molecule has 134 valence electrons. The minimum atomic E-state index is -1.00. The Morgan fingerprint density at radius 1 is 1.08 bits per heavy atom. The van der Waals surface area contributed by atoms with Crippen LogP contribution in [0.15, 0.2) is 60.7 Å². The van der Waals surface area contributed by atoms with E-state index >= 15 is 0 Å². The normalized spacial score (nSPS) is 17.5. The third-order valence-corrected chi connectivity index (χ3v) is 5.31. The van der Waals surface area contributed by atoms with Crippen molar-refractivity contribution in [3.05, 3.63) is 71.8 Å². The molecule has 2 aromatic rings. The summed E-state index contributed by atoms with van der Waals surface area (Å²) in [5.41, 5.74) is 7.67. The Morgan fingerprint density at radius 3 is 2.16 bits per heavy atom. The second-order valence-electron chi connectivity index (χ2n) is 7.27. The monoisotopic (exact) mass is 358 g/mol. The molecule has 0 aliphatic heterocycles. The number of carbonyl (C=O) groups excluding carboxylic acids is 1. The molecule has 1 fully saturated rings. The van der Waals surface area contributed by atoms with E-state index in [2.05, 4.69) is 29.6 Å². The van der Waals surface area contributed by atoms with Gasteiger partial charge in [0, 0.05) is 6.54 Å². The molecule has 0 aromatic heterocycles. The maximum absolute atomic E-state index is 12.7. The summed E-state index contributed by atoms with van der Waals surface area (Å²) in [4.78, 5) is 12.7. The zero-order valence-corrected chi connectivity index (χ0v) is 15.5. The first kappa shape index (κ1) is 19.5. The summed E-state index contributed by atoms with van der Waals surface area (Å²) in [7, 11) is 0. The van der Waals surface area contributed by atoms with Crippen LogP contribution in [-0.4, -0.2) is 12.5 Å². The number of nitrogens with one attached hydrogen (secondary N) is 1. The van der Waals surface area contributed by atoms with Crippen LogP contribution < -0.4 is 11.1 Å². The number of amides is 1. The number of halogens is 1. The number of nitrogens with two attached hydrogens (primary N) is 1. The molecule has 4 heteroatoms. The molecule has 0 spiro atoms. The van der Waals surface area contributed by atoms with Gasteiger partial charge < -0.3 is 11.1 Å². The van der Waals surface area contributed by atoms with Crippen LogP contribution in [0.1, 0.15) is 37.3 Å². The first-order chi connectivity index (χ1) is 11.5. The number of carbonyl (C=O) groups is 1. The maximum Gasteiger partial charge on any atom is 0.244 e. The molecular weight excluding hydrogens is 332 g/mol. The lowest BCUT2D eigenvalue weighted by atomic mass is 9.65. The van der Waals surface area contributed by atoms with E-state index in [1.807, 2.05) is 36.4 Å².